The van der Waals surface area contributed by atoms with Crippen LogP contribution in [0.2, 0.25) is 0 Å². The van der Waals surface area contributed by atoms with Gasteiger partial charge >= 0.3 is 5.69 Å². The van der Waals surface area contributed by atoms with Gasteiger partial charge in [0.2, 0.25) is 5.91 Å². The van der Waals surface area contributed by atoms with Crippen LogP contribution in [0.4, 0.5) is 0 Å². The number of imidazole rings is 1. The molecule has 3 aromatic rings. The van der Waals surface area contributed by atoms with Gasteiger partial charge in [-0.15, -0.1) is 0 Å². The number of nitrogens with one attached hydrogen (secondary N) is 1. The number of furan rings is 1. The van der Waals surface area contributed by atoms with E-state index in [1.807, 2.05) is 40.7 Å². The van der Waals surface area contributed by atoms with E-state index in [0.29, 0.717) is 38.2 Å². The number of aromatic nitrogens is 2. The third-order valence-electron chi connectivity index (χ3n) is 5.95. The summed E-state index contributed by atoms with van der Waals surface area (Å²) < 4.78 is 6.83. The average molecular weight is 425 g/mol. The predicted octanol–water partition coefficient (Wildman–Crippen LogP) is 3.03. The van der Waals surface area contributed by atoms with Gasteiger partial charge in [-0.05, 0) is 37.5 Å². The van der Waals surface area contributed by atoms with Gasteiger partial charge in [0.15, 0.2) is 0 Å². The fraction of sp³-hybridized carbons (Fsp3) is 0.435. The first-order chi connectivity index (χ1) is 15.1. The quantitative estimate of drug-likeness (QED) is 0.631. The second kappa shape index (κ2) is 9.24. The molecule has 1 N–H and O–H groups in total. The van der Waals surface area contributed by atoms with E-state index in [1.165, 1.54) is 12.5 Å². The molecule has 0 aliphatic carbocycles. The van der Waals surface area contributed by atoms with E-state index in [-0.39, 0.29) is 23.5 Å². The Bertz CT molecular complexity index is 1090. The molecule has 0 radical (unpaired) electrons. The van der Waals surface area contributed by atoms with Crippen LogP contribution in [0.5, 0.6) is 0 Å². The largest absolute Gasteiger partial charge is 0.472 e. The lowest BCUT2D eigenvalue weighted by Crippen LogP contribution is -2.42. The lowest BCUT2D eigenvalue weighted by Gasteiger charge is -2.33. The summed E-state index contributed by atoms with van der Waals surface area (Å²) in [5.74, 6) is -0.0633. The fourth-order valence-corrected chi connectivity index (χ4v) is 4.35. The predicted molar refractivity (Wildman–Crippen MR) is 117 cm³/mol. The second-order valence-electron chi connectivity index (χ2n) is 7.98. The van der Waals surface area contributed by atoms with E-state index in [0.717, 1.165) is 30.3 Å². The van der Waals surface area contributed by atoms with Crippen LogP contribution in [0.25, 0.3) is 11.0 Å². The molecule has 0 spiro atoms. The van der Waals surface area contributed by atoms with Crippen LogP contribution in [0, 0.1) is 0 Å². The second-order valence-corrected chi connectivity index (χ2v) is 7.98. The zero-order chi connectivity index (χ0) is 21.8. The normalized spacial score (nSPS) is 14.8. The standard InChI is InChI=1S/C23H28N4O4/c1-2-11-26(22(29)17-10-15-31-16-17)14-9-21(28)25-12-7-18(8-13-25)27-20-6-4-3-5-19(20)24-23(27)30/h3-6,10,15-16,18H,2,7-9,11-14H2,1H3,(H,24,30). The molecule has 8 nitrogen and oxygen atoms in total. The van der Waals surface area contributed by atoms with Gasteiger partial charge in [-0.3, -0.25) is 14.2 Å². The number of para-hydroxylation sites is 2. The Morgan fingerprint density at radius 3 is 2.65 bits per heavy atom. The van der Waals surface area contributed by atoms with Gasteiger partial charge < -0.3 is 19.2 Å². The number of carbonyl (C=O) groups excluding carboxylic acids is 2. The summed E-state index contributed by atoms with van der Waals surface area (Å²) in [5, 5.41) is 0. The maximum Gasteiger partial charge on any atom is 0.326 e. The first-order valence-electron chi connectivity index (χ1n) is 10.9. The molecule has 164 valence electrons. The maximum absolute atomic E-state index is 12.8. The number of aromatic amines is 1. The third-order valence-corrected chi connectivity index (χ3v) is 5.95. The number of likely N-dealkylation sites (tertiary alicyclic amines) is 1. The summed E-state index contributed by atoms with van der Waals surface area (Å²) in [6.07, 6.45) is 5.50. The van der Waals surface area contributed by atoms with E-state index < -0.39 is 0 Å². The summed E-state index contributed by atoms with van der Waals surface area (Å²) >= 11 is 0. The number of nitrogens with zero attached hydrogens (tertiary/aromatic N) is 3. The first kappa shape index (κ1) is 21.0. The van der Waals surface area contributed by atoms with Gasteiger partial charge in [0, 0.05) is 38.6 Å². The Kier molecular flexibility index (Phi) is 6.25. The SMILES string of the molecule is CCCN(CCC(=O)N1CCC(n2c(=O)[nH]c3ccccc32)CC1)C(=O)c1ccoc1. The van der Waals surface area contributed by atoms with Crippen molar-refractivity contribution in [1.82, 2.24) is 19.4 Å². The Balaban J connectivity index is 1.34. The van der Waals surface area contributed by atoms with Crippen LogP contribution in [0.1, 0.15) is 49.0 Å². The van der Waals surface area contributed by atoms with Crippen LogP contribution in [0.15, 0.2) is 52.1 Å². The van der Waals surface area contributed by atoms with Crippen molar-refractivity contribution in [3.8, 4) is 0 Å². The number of carbonyl (C=O) groups is 2. The number of hydrogen-bond donors (Lipinski definition) is 1. The molecular weight excluding hydrogens is 396 g/mol. The molecule has 1 aliphatic heterocycles. The van der Waals surface area contributed by atoms with Gasteiger partial charge in [0.05, 0.1) is 22.9 Å². The Hall–Kier alpha value is -3.29. The molecule has 8 heteroatoms. The van der Waals surface area contributed by atoms with Crippen molar-refractivity contribution in [1.29, 1.82) is 0 Å². The van der Waals surface area contributed by atoms with Crippen molar-refractivity contribution >= 4 is 22.8 Å². The van der Waals surface area contributed by atoms with Gasteiger partial charge in [-0.1, -0.05) is 19.1 Å². The molecule has 0 atom stereocenters. The lowest BCUT2D eigenvalue weighted by molar-refractivity contribution is -0.132. The highest BCUT2D eigenvalue weighted by Gasteiger charge is 2.26. The topological polar surface area (TPSA) is 91.5 Å². The van der Waals surface area contributed by atoms with Crippen molar-refractivity contribution in [2.45, 2.75) is 38.6 Å². The van der Waals surface area contributed by atoms with Crippen molar-refractivity contribution in [3.05, 3.63) is 58.9 Å². The summed E-state index contributed by atoms with van der Waals surface area (Å²) in [5.41, 5.74) is 2.15. The van der Waals surface area contributed by atoms with Gasteiger partial charge in [-0.2, -0.15) is 0 Å². The van der Waals surface area contributed by atoms with Crippen molar-refractivity contribution in [2.24, 2.45) is 0 Å². The van der Waals surface area contributed by atoms with E-state index in [1.54, 1.807) is 11.0 Å². The molecule has 1 saturated heterocycles. The Labute approximate surface area is 180 Å². The number of amides is 2. The minimum atomic E-state index is -0.110. The Morgan fingerprint density at radius 2 is 1.94 bits per heavy atom. The van der Waals surface area contributed by atoms with Gasteiger partial charge in [0.25, 0.3) is 5.91 Å². The highest BCUT2D eigenvalue weighted by atomic mass is 16.3. The molecule has 2 amide bonds. The number of H-pyrrole nitrogens is 1. The molecular formula is C23H28N4O4. The van der Waals surface area contributed by atoms with Gasteiger partial charge in [-0.25, -0.2) is 4.79 Å². The highest BCUT2D eigenvalue weighted by Crippen LogP contribution is 2.25. The molecule has 0 unspecified atom stereocenters. The van der Waals surface area contributed by atoms with Crippen LogP contribution in [-0.2, 0) is 4.79 Å². The summed E-state index contributed by atoms with van der Waals surface area (Å²) in [7, 11) is 0. The van der Waals surface area contributed by atoms with E-state index in [4.69, 9.17) is 4.42 Å². The van der Waals surface area contributed by atoms with Crippen LogP contribution >= 0.6 is 0 Å². The number of fused-ring (bicyclic) bond motifs is 1. The molecule has 3 heterocycles. The average Bonchev–Trinajstić information content (AvgIpc) is 3.43. The number of piperidine rings is 1. The van der Waals surface area contributed by atoms with Crippen LogP contribution in [0.3, 0.4) is 0 Å². The number of benzene rings is 1. The zero-order valence-electron chi connectivity index (χ0n) is 17.8. The molecule has 31 heavy (non-hydrogen) atoms. The number of hydrogen-bond acceptors (Lipinski definition) is 4. The van der Waals surface area contributed by atoms with Crippen molar-refractivity contribution in [3.63, 3.8) is 0 Å². The lowest BCUT2D eigenvalue weighted by atomic mass is 10.0. The van der Waals surface area contributed by atoms with E-state index >= 15 is 0 Å². The Morgan fingerprint density at radius 1 is 1.16 bits per heavy atom. The summed E-state index contributed by atoms with van der Waals surface area (Å²) in [6, 6.07) is 9.40. The summed E-state index contributed by atoms with van der Waals surface area (Å²) in [6.45, 7) is 4.22. The number of rotatable bonds is 7. The maximum atomic E-state index is 12.8. The van der Waals surface area contributed by atoms with E-state index in [2.05, 4.69) is 4.98 Å². The van der Waals surface area contributed by atoms with E-state index in [9.17, 15) is 14.4 Å². The molecule has 1 fully saturated rings. The highest BCUT2D eigenvalue weighted by molar-refractivity contribution is 5.94. The molecule has 1 aromatic carbocycles. The molecule has 2 aromatic heterocycles. The molecule has 1 aliphatic rings. The molecule has 4 rings (SSSR count). The van der Waals surface area contributed by atoms with Crippen molar-refractivity contribution in [2.75, 3.05) is 26.2 Å². The summed E-state index contributed by atoms with van der Waals surface area (Å²) in [4.78, 5) is 44.3. The zero-order valence-corrected chi connectivity index (χ0v) is 17.8. The smallest absolute Gasteiger partial charge is 0.326 e. The van der Waals surface area contributed by atoms with Crippen LogP contribution < -0.4 is 5.69 Å². The monoisotopic (exact) mass is 424 g/mol. The minimum absolute atomic E-state index is 0.0471. The first-order valence-corrected chi connectivity index (χ1v) is 10.9. The van der Waals surface area contributed by atoms with Crippen LogP contribution in [-0.4, -0.2) is 57.3 Å². The van der Waals surface area contributed by atoms with Gasteiger partial charge in [0.1, 0.15) is 6.26 Å². The molecule has 0 bridgehead atoms. The third kappa shape index (κ3) is 4.42. The fourth-order valence-electron chi connectivity index (χ4n) is 4.35. The molecule has 0 saturated carbocycles. The van der Waals surface area contributed by atoms with Crippen molar-refractivity contribution < 1.29 is 14.0 Å². The minimum Gasteiger partial charge on any atom is -0.472 e.